The lowest BCUT2D eigenvalue weighted by Gasteiger charge is -2.10. The summed E-state index contributed by atoms with van der Waals surface area (Å²) >= 11 is 0. The van der Waals surface area contributed by atoms with Gasteiger partial charge in [0.05, 0.1) is 6.61 Å². The highest BCUT2D eigenvalue weighted by atomic mass is 16.5. The van der Waals surface area contributed by atoms with Crippen molar-refractivity contribution < 1.29 is 9.53 Å². The van der Waals surface area contributed by atoms with Gasteiger partial charge in [-0.05, 0) is 57.0 Å². The first-order valence-corrected chi connectivity index (χ1v) is 11.9. The first-order chi connectivity index (χ1) is 15.7. The molecular weight excluding hydrogens is 404 g/mol. The monoisotopic (exact) mass is 440 g/mol. The van der Waals surface area contributed by atoms with Crippen LogP contribution in [0.3, 0.4) is 0 Å². The predicted molar refractivity (Wildman–Crippen MR) is 126 cm³/mol. The van der Waals surface area contributed by atoms with Gasteiger partial charge in [0, 0.05) is 25.1 Å². The summed E-state index contributed by atoms with van der Waals surface area (Å²) in [7, 11) is 0. The minimum atomic E-state index is -0.0415. The zero-order valence-electron chi connectivity index (χ0n) is 19.2. The van der Waals surface area contributed by atoms with Crippen LogP contribution in [0.15, 0.2) is 24.3 Å². The molecule has 2 aromatic rings. The van der Waals surface area contributed by atoms with Crippen LogP contribution in [0.4, 0.5) is 5.95 Å². The van der Waals surface area contributed by atoms with E-state index in [9.17, 15) is 4.79 Å². The lowest BCUT2D eigenvalue weighted by Crippen LogP contribution is -2.27. The van der Waals surface area contributed by atoms with Crippen LogP contribution in [0.25, 0.3) is 0 Å². The Morgan fingerprint density at radius 2 is 1.50 bits per heavy atom. The van der Waals surface area contributed by atoms with E-state index in [1.54, 1.807) is 0 Å². The molecule has 2 aliphatic rings. The van der Waals surface area contributed by atoms with Crippen molar-refractivity contribution in [3.8, 4) is 6.01 Å². The molecule has 0 aliphatic carbocycles. The van der Waals surface area contributed by atoms with Crippen molar-refractivity contribution in [3.63, 3.8) is 0 Å². The molecule has 0 atom stereocenters. The van der Waals surface area contributed by atoms with E-state index in [0.717, 1.165) is 38.0 Å². The number of carbonyl (C=O) groups is 1. The number of amides is 1. The number of hydrogen-bond acceptors (Lipinski definition) is 7. The average molecular weight is 441 g/mol. The maximum absolute atomic E-state index is 12.4. The Bertz CT molecular complexity index is 828. The van der Waals surface area contributed by atoms with Gasteiger partial charge in [0.1, 0.15) is 5.82 Å². The maximum Gasteiger partial charge on any atom is 0.321 e. The van der Waals surface area contributed by atoms with Gasteiger partial charge >= 0.3 is 6.01 Å². The quantitative estimate of drug-likeness (QED) is 0.658. The van der Waals surface area contributed by atoms with Crippen molar-refractivity contribution in [2.75, 3.05) is 38.1 Å². The highest BCUT2D eigenvalue weighted by Gasteiger charge is 2.10. The van der Waals surface area contributed by atoms with E-state index in [1.807, 2.05) is 31.2 Å². The molecule has 3 N–H and O–H groups in total. The number of benzene rings is 1. The summed E-state index contributed by atoms with van der Waals surface area (Å²) in [5, 5.41) is 9.78. The third kappa shape index (κ3) is 8.42. The van der Waals surface area contributed by atoms with Crippen LogP contribution in [-0.4, -0.2) is 53.6 Å². The van der Waals surface area contributed by atoms with Gasteiger partial charge < -0.3 is 20.7 Å². The Kier molecular flexibility index (Phi) is 10.2. The lowest BCUT2D eigenvalue weighted by molar-refractivity contribution is 0.0953. The van der Waals surface area contributed by atoms with Crippen LogP contribution in [0.5, 0.6) is 6.01 Å². The summed E-state index contributed by atoms with van der Waals surface area (Å²) in [6.45, 7) is 5.90. The summed E-state index contributed by atoms with van der Waals surface area (Å²) < 4.78 is 5.54. The van der Waals surface area contributed by atoms with Crippen molar-refractivity contribution in [3.05, 3.63) is 41.2 Å². The van der Waals surface area contributed by atoms with Gasteiger partial charge in [0.2, 0.25) is 5.95 Å². The molecule has 8 heteroatoms. The molecule has 0 saturated heterocycles. The van der Waals surface area contributed by atoms with Gasteiger partial charge in [-0.2, -0.15) is 15.0 Å². The normalized spacial score (nSPS) is 17.2. The fourth-order valence-corrected chi connectivity index (χ4v) is 3.63. The molecule has 8 nitrogen and oxygen atoms in total. The molecule has 174 valence electrons. The molecule has 2 aliphatic heterocycles. The highest BCUT2D eigenvalue weighted by Crippen LogP contribution is 2.14. The van der Waals surface area contributed by atoms with E-state index >= 15 is 0 Å². The molecule has 4 rings (SSSR count). The zero-order valence-corrected chi connectivity index (χ0v) is 19.2. The van der Waals surface area contributed by atoms with Gasteiger partial charge in [0.15, 0.2) is 0 Å². The number of rotatable bonds is 2. The van der Waals surface area contributed by atoms with E-state index in [-0.39, 0.29) is 5.91 Å². The molecule has 0 saturated carbocycles. The molecule has 0 spiro atoms. The summed E-state index contributed by atoms with van der Waals surface area (Å²) in [6.07, 6.45) is 8.72. The SMILES string of the molecule is CCOc1nc2nc(n1)NCCCCCCCCNCCCNC(=O)c1ccc(cc1)C2. The molecule has 32 heavy (non-hydrogen) atoms. The topological polar surface area (TPSA) is 101 Å². The second kappa shape index (κ2) is 13.6. The van der Waals surface area contributed by atoms with E-state index in [0.29, 0.717) is 42.9 Å². The third-order valence-corrected chi connectivity index (χ3v) is 5.39. The van der Waals surface area contributed by atoms with Crippen molar-refractivity contribution in [1.82, 2.24) is 25.6 Å². The summed E-state index contributed by atoms with van der Waals surface area (Å²) in [6, 6.07) is 7.94. The first kappa shape index (κ1) is 23.9. The predicted octanol–water partition coefficient (Wildman–Crippen LogP) is 3.34. The van der Waals surface area contributed by atoms with Crippen molar-refractivity contribution in [2.24, 2.45) is 0 Å². The molecule has 0 fully saturated rings. The van der Waals surface area contributed by atoms with E-state index in [2.05, 4.69) is 30.9 Å². The third-order valence-electron chi connectivity index (χ3n) is 5.39. The Morgan fingerprint density at radius 1 is 0.812 bits per heavy atom. The standard InChI is InChI=1S/C24H36N6O2/c1-2-32-24-29-21-18-19-10-12-20(13-11-19)22(31)26-17-9-15-25-14-7-5-3-4-6-8-16-27-23(28-21)30-24/h10-13,25H,2-9,14-18H2,1H3,(H,26,31)(H,27,28,29,30). The van der Waals surface area contributed by atoms with Crippen molar-refractivity contribution >= 4 is 11.9 Å². The molecule has 0 unspecified atom stereocenters. The number of aromatic nitrogens is 3. The van der Waals surface area contributed by atoms with E-state index < -0.39 is 0 Å². The van der Waals surface area contributed by atoms with Gasteiger partial charge in [-0.1, -0.05) is 37.8 Å². The molecule has 1 aromatic heterocycles. The summed E-state index contributed by atoms with van der Waals surface area (Å²) in [4.78, 5) is 25.8. The molecule has 0 radical (unpaired) electrons. The summed E-state index contributed by atoms with van der Waals surface area (Å²) in [5.41, 5.74) is 1.69. The zero-order chi connectivity index (χ0) is 22.4. The molecular formula is C24H36N6O2. The smallest absolute Gasteiger partial charge is 0.321 e. The number of carbonyl (C=O) groups excluding carboxylic acids is 1. The second-order valence-electron chi connectivity index (χ2n) is 8.07. The Labute approximate surface area is 191 Å². The minimum Gasteiger partial charge on any atom is -0.464 e. The number of nitrogens with zero attached hydrogens (tertiary/aromatic N) is 3. The molecule has 4 bridgehead atoms. The van der Waals surface area contributed by atoms with Crippen molar-refractivity contribution in [2.45, 2.75) is 58.3 Å². The van der Waals surface area contributed by atoms with Gasteiger partial charge in [-0.25, -0.2) is 0 Å². The van der Waals surface area contributed by atoms with Crippen LogP contribution in [0.1, 0.15) is 73.6 Å². The Morgan fingerprint density at radius 3 is 2.28 bits per heavy atom. The molecule has 1 aromatic carbocycles. The Hall–Kier alpha value is -2.74. The second-order valence-corrected chi connectivity index (χ2v) is 8.07. The minimum absolute atomic E-state index is 0.0415. The molecule has 1 amide bonds. The van der Waals surface area contributed by atoms with Crippen LogP contribution in [-0.2, 0) is 6.42 Å². The van der Waals surface area contributed by atoms with Crippen LogP contribution < -0.4 is 20.7 Å². The maximum atomic E-state index is 12.4. The number of fused-ring (bicyclic) bond motifs is 16. The van der Waals surface area contributed by atoms with Crippen molar-refractivity contribution in [1.29, 1.82) is 0 Å². The van der Waals surface area contributed by atoms with Crippen LogP contribution >= 0.6 is 0 Å². The largest absolute Gasteiger partial charge is 0.464 e. The summed E-state index contributed by atoms with van der Waals surface area (Å²) in [5.74, 6) is 1.16. The van der Waals surface area contributed by atoms with Crippen LogP contribution in [0.2, 0.25) is 0 Å². The number of nitrogens with one attached hydrogen (secondary N) is 3. The van der Waals surface area contributed by atoms with Gasteiger partial charge in [0.25, 0.3) is 5.91 Å². The number of anilines is 1. The average Bonchev–Trinajstić information content (AvgIpc) is 2.79. The number of ether oxygens (including phenoxy) is 1. The van der Waals surface area contributed by atoms with Gasteiger partial charge in [-0.15, -0.1) is 0 Å². The number of hydrogen-bond donors (Lipinski definition) is 3. The molecule has 3 heterocycles. The van der Waals surface area contributed by atoms with Gasteiger partial charge in [-0.3, -0.25) is 4.79 Å². The van der Waals surface area contributed by atoms with Crippen LogP contribution in [0, 0.1) is 0 Å². The fourth-order valence-electron chi connectivity index (χ4n) is 3.63. The Balaban J connectivity index is 1.68. The van der Waals surface area contributed by atoms with E-state index in [4.69, 9.17) is 4.74 Å². The first-order valence-electron chi connectivity index (χ1n) is 11.9. The lowest BCUT2D eigenvalue weighted by atomic mass is 10.1. The highest BCUT2D eigenvalue weighted by molar-refractivity contribution is 5.94. The van der Waals surface area contributed by atoms with E-state index in [1.165, 1.54) is 32.1 Å². The fraction of sp³-hybridized carbons (Fsp3) is 0.583.